The van der Waals surface area contributed by atoms with E-state index in [1.54, 1.807) is 30.5 Å². The van der Waals surface area contributed by atoms with Gasteiger partial charge in [-0.05, 0) is 60.2 Å². The minimum absolute atomic E-state index is 0.309. The number of anilines is 2. The van der Waals surface area contributed by atoms with Gasteiger partial charge in [0.1, 0.15) is 0 Å². The van der Waals surface area contributed by atoms with Gasteiger partial charge in [-0.15, -0.1) is 0 Å². The summed E-state index contributed by atoms with van der Waals surface area (Å²) >= 11 is 11.2. The third-order valence-electron chi connectivity index (χ3n) is 4.78. The highest BCUT2D eigenvalue weighted by molar-refractivity contribution is 7.80. The number of thiocarbonyl (C=S) groups is 1. The molecule has 0 aliphatic carbocycles. The first-order chi connectivity index (χ1) is 16.6. The molecule has 1 aromatic heterocycles. The van der Waals surface area contributed by atoms with E-state index in [-0.39, 0.29) is 5.91 Å². The van der Waals surface area contributed by atoms with Crippen molar-refractivity contribution in [1.29, 1.82) is 0 Å². The topological polar surface area (TPSA) is 91.0 Å². The molecule has 170 valence electrons. The van der Waals surface area contributed by atoms with E-state index in [0.29, 0.717) is 28.2 Å². The summed E-state index contributed by atoms with van der Waals surface area (Å²) in [5.74, 6) is 0.137. The summed E-state index contributed by atoms with van der Waals surface area (Å²) in [5.41, 5.74) is 9.31. The summed E-state index contributed by atoms with van der Waals surface area (Å²) in [4.78, 5) is 21.2. The van der Waals surface area contributed by atoms with Gasteiger partial charge in [0.25, 0.3) is 5.91 Å². The second kappa shape index (κ2) is 11.2. The van der Waals surface area contributed by atoms with E-state index in [9.17, 15) is 4.79 Å². The lowest BCUT2D eigenvalue weighted by atomic mass is 10.1. The zero-order valence-corrected chi connectivity index (χ0v) is 19.5. The number of nitrogens with zero attached hydrogens (tertiary/aromatic N) is 2. The maximum absolute atomic E-state index is 12.4. The smallest absolute Gasteiger partial charge is 0.269 e. The molecule has 0 aliphatic heterocycles. The van der Waals surface area contributed by atoms with Crippen LogP contribution in [0, 0.1) is 0 Å². The van der Waals surface area contributed by atoms with Gasteiger partial charge in [-0.3, -0.25) is 15.6 Å². The molecule has 0 unspecified atom stereocenters. The maximum atomic E-state index is 12.4. The molecule has 0 spiro atoms. The van der Waals surface area contributed by atoms with Crippen molar-refractivity contribution in [2.75, 3.05) is 5.32 Å². The van der Waals surface area contributed by atoms with E-state index in [2.05, 4.69) is 31.5 Å². The highest BCUT2D eigenvalue weighted by Crippen LogP contribution is 2.21. The molecule has 0 saturated heterocycles. The Morgan fingerprint density at radius 2 is 1.62 bits per heavy atom. The van der Waals surface area contributed by atoms with E-state index < -0.39 is 0 Å². The predicted octanol–water partition coefficient (Wildman–Crippen LogP) is 4.85. The molecule has 0 saturated carbocycles. The van der Waals surface area contributed by atoms with Gasteiger partial charge >= 0.3 is 0 Å². The lowest BCUT2D eigenvalue weighted by molar-refractivity contribution is 0.0943. The molecule has 0 bridgehead atoms. The van der Waals surface area contributed by atoms with Crippen LogP contribution in [-0.2, 0) is 6.54 Å². The van der Waals surface area contributed by atoms with Gasteiger partial charge in [0.15, 0.2) is 5.11 Å². The van der Waals surface area contributed by atoms with Crippen molar-refractivity contribution in [2.24, 2.45) is 0 Å². The van der Waals surface area contributed by atoms with E-state index in [1.165, 1.54) is 0 Å². The number of carbonyl (C=O) groups is 1. The molecule has 34 heavy (non-hydrogen) atoms. The summed E-state index contributed by atoms with van der Waals surface area (Å²) in [5, 5.41) is 7.18. The molecule has 0 radical (unpaired) electrons. The van der Waals surface area contributed by atoms with E-state index in [1.807, 2.05) is 60.7 Å². The molecule has 9 heteroatoms. The Labute approximate surface area is 207 Å². The van der Waals surface area contributed by atoms with Crippen molar-refractivity contribution in [1.82, 2.24) is 26.1 Å². The summed E-state index contributed by atoms with van der Waals surface area (Å²) in [6.07, 6.45) is 1.68. The number of benzene rings is 3. The van der Waals surface area contributed by atoms with Gasteiger partial charge in [0.2, 0.25) is 5.95 Å². The fourth-order valence-corrected chi connectivity index (χ4v) is 3.29. The van der Waals surface area contributed by atoms with Gasteiger partial charge in [0, 0.05) is 34.6 Å². The number of rotatable bonds is 6. The largest absolute Gasteiger partial charge is 0.357 e. The molecule has 4 aromatic rings. The number of carbonyl (C=O) groups excluding carboxylic acids is 1. The Morgan fingerprint density at radius 3 is 2.35 bits per heavy atom. The number of hydrazine groups is 1. The quantitative estimate of drug-likeness (QED) is 0.228. The zero-order chi connectivity index (χ0) is 23.8. The van der Waals surface area contributed by atoms with Gasteiger partial charge in [-0.1, -0.05) is 54.1 Å². The SMILES string of the molecule is O=C(NNC(=S)NCc1ccccc1)c1ccc(Nc2nccc(-c3ccc(Cl)cc3)n2)cc1. The van der Waals surface area contributed by atoms with E-state index in [0.717, 1.165) is 22.5 Å². The van der Waals surface area contributed by atoms with Crippen LogP contribution in [0.3, 0.4) is 0 Å². The second-order valence-corrected chi connectivity index (χ2v) is 8.07. The molecular weight excluding hydrogens is 468 g/mol. The molecule has 1 amide bonds. The number of aromatic nitrogens is 2. The first kappa shape index (κ1) is 23.2. The van der Waals surface area contributed by atoms with Crippen molar-refractivity contribution < 1.29 is 4.79 Å². The average Bonchev–Trinajstić information content (AvgIpc) is 2.88. The summed E-state index contributed by atoms with van der Waals surface area (Å²) < 4.78 is 0. The summed E-state index contributed by atoms with van der Waals surface area (Å²) in [6, 6.07) is 26.0. The third-order valence-corrected chi connectivity index (χ3v) is 5.28. The van der Waals surface area contributed by atoms with Gasteiger partial charge < -0.3 is 10.6 Å². The van der Waals surface area contributed by atoms with Crippen LogP contribution in [0.15, 0.2) is 91.1 Å². The Morgan fingerprint density at radius 1 is 0.882 bits per heavy atom. The minimum Gasteiger partial charge on any atom is -0.357 e. The zero-order valence-electron chi connectivity index (χ0n) is 18.0. The normalized spacial score (nSPS) is 10.3. The van der Waals surface area contributed by atoms with Crippen molar-refractivity contribution in [2.45, 2.75) is 6.54 Å². The first-order valence-electron chi connectivity index (χ1n) is 10.4. The highest BCUT2D eigenvalue weighted by atomic mass is 35.5. The molecule has 0 fully saturated rings. The molecule has 0 atom stereocenters. The second-order valence-electron chi connectivity index (χ2n) is 7.22. The van der Waals surface area contributed by atoms with Gasteiger partial charge in [-0.25, -0.2) is 9.97 Å². The van der Waals surface area contributed by atoms with E-state index in [4.69, 9.17) is 23.8 Å². The number of halogens is 1. The van der Waals surface area contributed by atoms with Crippen LogP contribution in [0.2, 0.25) is 5.02 Å². The Balaban J connectivity index is 1.29. The van der Waals surface area contributed by atoms with Crippen molar-refractivity contribution in [3.8, 4) is 11.3 Å². The summed E-state index contributed by atoms with van der Waals surface area (Å²) in [7, 11) is 0. The van der Waals surface area contributed by atoms with Crippen LogP contribution in [0.5, 0.6) is 0 Å². The molecular formula is C25H21ClN6OS. The molecule has 7 nitrogen and oxygen atoms in total. The highest BCUT2D eigenvalue weighted by Gasteiger charge is 2.07. The number of hydrogen-bond donors (Lipinski definition) is 4. The van der Waals surface area contributed by atoms with Gasteiger partial charge in [0.05, 0.1) is 5.69 Å². The Bertz CT molecular complexity index is 1270. The minimum atomic E-state index is -0.309. The molecule has 0 aliphatic rings. The number of amides is 1. The molecule has 3 aromatic carbocycles. The van der Waals surface area contributed by atoms with Crippen molar-refractivity contribution >= 4 is 46.5 Å². The standard InChI is InChI=1S/C25H21ClN6OS/c26-20-10-6-18(7-11-20)22-14-15-27-24(30-22)29-21-12-8-19(9-13-21)23(33)31-32-25(34)28-16-17-4-2-1-3-5-17/h1-15H,16H2,(H,31,33)(H,27,29,30)(H2,28,32,34). The number of nitrogens with one attached hydrogen (secondary N) is 4. The van der Waals surface area contributed by atoms with E-state index >= 15 is 0 Å². The fourth-order valence-electron chi connectivity index (χ4n) is 3.04. The van der Waals surface area contributed by atoms with Crippen LogP contribution >= 0.6 is 23.8 Å². The molecule has 4 rings (SSSR count). The average molecular weight is 489 g/mol. The molecule has 4 N–H and O–H groups in total. The van der Waals surface area contributed by atoms with Crippen molar-refractivity contribution in [3.05, 3.63) is 107 Å². The third kappa shape index (κ3) is 6.50. The lowest BCUT2D eigenvalue weighted by Gasteiger charge is -2.12. The Hall–Kier alpha value is -4.01. The first-order valence-corrected chi connectivity index (χ1v) is 11.2. The van der Waals surface area contributed by atoms with Crippen LogP contribution in [-0.4, -0.2) is 21.0 Å². The van der Waals surface area contributed by atoms with Crippen LogP contribution in [0.4, 0.5) is 11.6 Å². The van der Waals surface area contributed by atoms with Gasteiger partial charge in [-0.2, -0.15) is 0 Å². The van der Waals surface area contributed by atoms with Crippen LogP contribution in [0.1, 0.15) is 15.9 Å². The fraction of sp³-hybridized carbons (Fsp3) is 0.0400. The lowest BCUT2D eigenvalue weighted by Crippen LogP contribution is -2.46. The summed E-state index contributed by atoms with van der Waals surface area (Å²) in [6.45, 7) is 0.560. The predicted molar refractivity (Wildman–Crippen MR) is 139 cm³/mol. The van der Waals surface area contributed by atoms with Crippen molar-refractivity contribution in [3.63, 3.8) is 0 Å². The Kier molecular flexibility index (Phi) is 7.64. The number of hydrogen-bond acceptors (Lipinski definition) is 5. The monoisotopic (exact) mass is 488 g/mol. The molecule has 1 heterocycles. The van der Waals surface area contributed by atoms with Crippen LogP contribution < -0.4 is 21.5 Å². The van der Waals surface area contributed by atoms with Crippen LogP contribution in [0.25, 0.3) is 11.3 Å². The maximum Gasteiger partial charge on any atom is 0.269 e.